The lowest BCUT2D eigenvalue weighted by molar-refractivity contribution is 0.0613. The third kappa shape index (κ3) is 5.58. The van der Waals surface area contributed by atoms with Crippen LogP contribution in [0.25, 0.3) is 0 Å². The summed E-state index contributed by atoms with van der Waals surface area (Å²) >= 11 is 0. The van der Waals surface area contributed by atoms with Crippen LogP contribution in [0.5, 0.6) is 0 Å². The highest BCUT2D eigenvalue weighted by molar-refractivity contribution is 4.85. The Morgan fingerprint density at radius 3 is 1.76 bits per heavy atom. The second-order valence-electron chi connectivity index (χ2n) is 7.70. The van der Waals surface area contributed by atoms with Crippen molar-refractivity contribution in [3.8, 4) is 0 Å². The minimum absolute atomic E-state index is 0.928. The molecule has 0 aromatic heterocycles. The smallest absolute Gasteiger partial charge is 0.00983 e. The van der Waals surface area contributed by atoms with Crippen molar-refractivity contribution in [2.24, 2.45) is 5.92 Å². The highest BCUT2D eigenvalue weighted by Crippen LogP contribution is 2.31. The van der Waals surface area contributed by atoms with Crippen molar-refractivity contribution < 1.29 is 0 Å². The molecule has 0 saturated heterocycles. The molecule has 0 aromatic carbocycles. The number of nitrogens with zero attached hydrogens (tertiary/aromatic N) is 1. The Hall–Kier alpha value is -0.0400. The van der Waals surface area contributed by atoms with E-state index in [1.807, 2.05) is 0 Å². The molecule has 2 saturated carbocycles. The molecule has 0 N–H and O–H groups in total. The molecule has 0 bridgehead atoms. The molecule has 124 valence electrons. The lowest BCUT2D eigenvalue weighted by atomic mass is 9.87. The molecule has 0 spiro atoms. The molecular weight excluding hydrogens is 254 g/mol. The summed E-state index contributed by atoms with van der Waals surface area (Å²) in [6.07, 6.45) is 20.5. The van der Waals surface area contributed by atoms with Gasteiger partial charge in [0.1, 0.15) is 0 Å². The lowest BCUT2D eigenvalue weighted by Gasteiger charge is -2.43. The Morgan fingerprint density at radius 1 is 0.810 bits per heavy atom. The van der Waals surface area contributed by atoms with E-state index < -0.39 is 0 Å². The van der Waals surface area contributed by atoms with E-state index in [2.05, 4.69) is 18.7 Å². The molecule has 2 aliphatic carbocycles. The maximum atomic E-state index is 3.02. The van der Waals surface area contributed by atoms with Crippen molar-refractivity contribution in [2.45, 2.75) is 116 Å². The summed E-state index contributed by atoms with van der Waals surface area (Å²) in [4.78, 5) is 3.02. The van der Waals surface area contributed by atoms with E-state index in [1.165, 1.54) is 96.4 Å². The van der Waals surface area contributed by atoms with E-state index in [1.54, 1.807) is 0 Å². The van der Waals surface area contributed by atoms with Gasteiger partial charge in [0.05, 0.1) is 0 Å². The molecule has 0 aliphatic heterocycles. The summed E-state index contributed by atoms with van der Waals surface area (Å²) in [6.45, 7) is 6.17. The molecule has 2 fully saturated rings. The first-order valence-electron chi connectivity index (χ1n) is 10.1. The molecule has 0 amide bonds. The predicted molar refractivity (Wildman–Crippen MR) is 93.8 cm³/mol. The van der Waals surface area contributed by atoms with Gasteiger partial charge in [-0.05, 0) is 38.0 Å². The largest absolute Gasteiger partial charge is 0.297 e. The van der Waals surface area contributed by atoms with Gasteiger partial charge in [0.2, 0.25) is 0 Å². The van der Waals surface area contributed by atoms with E-state index in [0.717, 1.165) is 18.0 Å². The fourth-order valence-electron chi connectivity index (χ4n) is 4.64. The average molecular weight is 294 g/mol. The molecule has 1 heteroatoms. The van der Waals surface area contributed by atoms with Crippen molar-refractivity contribution in [1.82, 2.24) is 4.90 Å². The van der Waals surface area contributed by atoms with Crippen LogP contribution in [0.15, 0.2) is 0 Å². The molecular formula is C20H39N. The predicted octanol–water partition coefficient (Wildman–Crippen LogP) is 6.17. The molecule has 1 unspecified atom stereocenters. The van der Waals surface area contributed by atoms with Crippen molar-refractivity contribution in [3.05, 3.63) is 0 Å². The standard InChI is InChI=1S/C20H39N/c1-3-5-12-18(4-2)17-21(19-13-8-6-9-14-19)20-15-10-7-11-16-20/h18-20H,3-17H2,1-2H3. The quantitative estimate of drug-likeness (QED) is 0.517. The zero-order valence-electron chi connectivity index (χ0n) is 14.8. The SMILES string of the molecule is CCCCC(CC)CN(C1CCCCC1)C1CCCCC1. The van der Waals surface area contributed by atoms with E-state index in [-0.39, 0.29) is 0 Å². The summed E-state index contributed by atoms with van der Waals surface area (Å²) in [5.74, 6) is 0.953. The van der Waals surface area contributed by atoms with Crippen molar-refractivity contribution >= 4 is 0 Å². The molecule has 2 aliphatic rings. The van der Waals surface area contributed by atoms with Crippen LogP contribution in [-0.2, 0) is 0 Å². The average Bonchev–Trinajstić information content (AvgIpc) is 2.57. The number of hydrogen-bond acceptors (Lipinski definition) is 1. The van der Waals surface area contributed by atoms with Gasteiger partial charge < -0.3 is 0 Å². The lowest BCUT2D eigenvalue weighted by Crippen LogP contribution is -2.47. The van der Waals surface area contributed by atoms with Gasteiger partial charge in [-0.25, -0.2) is 0 Å². The van der Waals surface area contributed by atoms with Crippen molar-refractivity contribution in [1.29, 1.82) is 0 Å². The van der Waals surface area contributed by atoms with Crippen molar-refractivity contribution in [2.75, 3.05) is 6.54 Å². The summed E-state index contributed by atoms with van der Waals surface area (Å²) in [7, 11) is 0. The summed E-state index contributed by atoms with van der Waals surface area (Å²) in [5.41, 5.74) is 0. The fraction of sp³-hybridized carbons (Fsp3) is 1.00. The second-order valence-corrected chi connectivity index (χ2v) is 7.70. The van der Waals surface area contributed by atoms with Crippen LogP contribution >= 0.6 is 0 Å². The Labute approximate surface area is 133 Å². The Balaban J connectivity index is 1.95. The molecule has 2 rings (SSSR count). The third-order valence-electron chi connectivity index (χ3n) is 6.10. The minimum atomic E-state index is 0.928. The topological polar surface area (TPSA) is 3.24 Å². The zero-order chi connectivity index (χ0) is 14.9. The van der Waals surface area contributed by atoms with E-state index in [0.29, 0.717) is 0 Å². The van der Waals surface area contributed by atoms with Gasteiger partial charge in [-0.15, -0.1) is 0 Å². The summed E-state index contributed by atoms with van der Waals surface area (Å²) in [6, 6.07) is 1.86. The van der Waals surface area contributed by atoms with Crippen LogP contribution in [0.1, 0.15) is 104 Å². The van der Waals surface area contributed by atoms with Gasteiger partial charge in [0, 0.05) is 18.6 Å². The van der Waals surface area contributed by atoms with Gasteiger partial charge in [-0.1, -0.05) is 71.6 Å². The zero-order valence-corrected chi connectivity index (χ0v) is 14.8. The summed E-state index contributed by atoms with van der Waals surface area (Å²) in [5, 5.41) is 0. The monoisotopic (exact) mass is 293 g/mol. The minimum Gasteiger partial charge on any atom is -0.297 e. The maximum absolute atomic E-state index is 3.02. The molecule has 1 nitrogen and oxygen atoms in total. The number of rotatable bonds is 8. The van der Waals surface area contributed by atoms with Gasteiger partial charge in [0.25, 0.3) is 0 Å². The fourth-order valence-corrected chi connectivity index (χ4v) is 4.64. The molecule has 1 atom stereocenters. The van der Waals surface area contributed by atoms with Crippen LogP contribution in [0.3, 0.4) is 0 Å². The van der Waals surface area contributed by atoms with Crippen molar-refractivity contribution in [3.63, 3.8) is 0 Å². The van der Waals surface area contributed by atoms with Crippen LogP contribution in [-0.4, -0.2) is 23.5 Å². The Bertz CT molecular complexity index is 233. The highest BCUT2D eigenvalue weighted by Gasteiger charge is 2.29. The van der Waals surface area contributed by atoms with Gasteiger partial charge in [-0.3, -0.25) is 4.90 Å². The Kier molecular flexibility index (Phi) is 8.14. The second kappa shape index (κ2) is 9.87. The van der Waals surface area contributed by atoms with E-state index in [4.69, 9.17) is 0 Å². The van der Waals surface area contributed by atoms with Crippen LogP contribution in [0, 0.1) is 5.92 Å². The molecule has 21 heavy (non-hydrogen) atoms. The van der Waals surface area contributed by atoms with Crippen LogP contribution in [0.2, 0.25) is 0 Å². The number of unbranched alkanes of at least 4 members (excludes halogenated alkanes) is 1. The first-order valence-corrected chi connectivity index (χ1v) is 10.1. The normalized spacial score (nSPS) is 23.6. The summed E-state index contributed by atoms with van der Waals surface area (Å²) < 4.78 is 0. The van der Waals surface area contributed by atoms with Gasteiger partial charge in [0.15, 0.2) is 0 Å². The first kappa shape index (κ1) is 17.3. The van der Waals surface area contributed by atoms with E-state index >= 15 is 0 Å². The molecule has 0 aromatic rings. The van der Waals surface area contributed by atoms with E-state index in [9.17, 15) is 0 Å². The van der Waals surface area contributed by atoms with Crippen LogP contribution in [0.4, 0.5) is 0 Å². The van der Waals surface area contributed by atoms with Gasteiger partial charge in [-0.2, -0.15) is 0 Å². The Morgan fingerprint density at radius 2 is 1.33 bits per heavy atom. The van der Waals surface area contributed by atoms with Crippen LogP contribution < -0.4 is 0 Å². The third-order valence-corrected chi connectivity index (χ3v) is 6.10. The molecule has 0 radical (unpaired) electrons. The van der Waals surface area contributed by atoms with Gasteiger partial charge >= 0.3 is 0 Å². The number of hydrogen-bond donors (Lipinski definition) is 0. The maximum Gasteiger partial charge on any atom is 0.00983 e. The highest BCUT2D eigenvalue weighted by atomic mass is 15.2. The first-order chi connectivity index (χ1) is 10.3. The molecule has 0 heterocycles.